The minimum atomic E-state index is -3.64. The van der Waals surface area contributed by atoms with E-state index in [1.165, 1.54) is 28.3 Å². The van der Waals surface area contributed by atoms with Gasteiger partial charge in [-0.1, -0.05) is 18.2 Å². The van der Waals surface area contributed by atoms with Gasteiger partial charge >= 0.3 is 5.97 Å². The van der Waals surface area contributed by atoms with Crippen molar-refractivity contribution in [3.05, 3.63) is 65.0 Å². The van der Waals surface area contributed by atoms with Gasteiger partial charge in [-0.3, -0.25) is 9.59 Å². The number of rotatable bonds is 7. The SMILES string of the molecule is Cc1ccc(S(=O)(=O)N2CCC(C(=O)OC(C)C(=O)N(C)Cc3cccc(F)c3)CC2)cc1C. The van der Waals surface area contributed by atoms with Gasteiger partial charge in [0.25, 0.3) is 5.91 Å². The molecule has 184 valence electrons. The van der Waals surface area contributed by atoms with E-state index in [2.05, 4.69) is 0 Å². The maximum absolute atomic E-state index is 13.4. The molecule has 1 saturated heterocycles. The van der Waals surface area contributed by atoms with Crippen molar-refractivity contribution in [1.82, 2.24) is 9.21 Å². The molecule has 2 aromatic carbocycles. The predicted molar refractivity (Wildman–Crippen MR) is 126 cm³/mol. The summed E-state index contributed by atoms with van der Waals surface area (Å²) < 4.78 is 46.1. The first-order chi connectivity index (χ1) is 16.0. The van der Waals surface area contributed by atoms with Gasteiger partial charge in [0.1, 0.15) is 5.82 Å². The molecule has 0 spiro atoms. The summed E-state index contributed by atoms with van der Waals surface area (Å²) in [5, 5.41) is 0. The number of nitrogens with zero attached hydrogens (tertiary/aromatic N) is 2. The van der Waals surface area contributed by atoms with Gasteiger partial charge in [-0.25, -0.2) is 12.8 Å². The normalized spacial score (nSPS) is 16.1. The topological polar surface area (TPSA) is 84.0 Å². The summed E-state index contributed by atoms with van der Waals surface area (Å²) in [5.41, 5.74) is 2.55. The molecule has 1 heterocycles. The summed E-state index contributed by atoms with van der Waals surface area (Å²) in [6.45, 7) is 5.89. The van der Waals surface area contributed by atoms with Crippen molar-refractivity contribution in [2.24, 2.45) is 5.92 Å². The Hall–Kier alpha value is -2.78. The van der Waals surface area contributed by atoms with E-state index in [0.29, 0.717) is 18.4 Å². The van der Waals surface area contributed by atoms with E-state index >= 15 is 0 Å². The zero-order valence-electron chi connectivity index (χ0n) is 20.0. The van der Waals surface area contributed by atoms with E-state index in [1.807, 2.05) is 13.8 Å². The lowest BCUT2D eigenvalue weighted by atomic mass is 9.98. The standard InChI is InChI=1S/C25H31FN2O5S/c1-17-8-9-23(14-18(17)2)34(31,32)28-12-10-21(11-13-28)25(30)33-19(3)24(29)27(4)16-20-6-5-7-22(26)15-20/h5-9,14-15,19,21H,10-13,16H2,1-4H3. The molecule has 0 bridgehead atoms. The maximum atomic E-state index is 13.4. The Morgan fingerprint density at radius 3 is 2.41 bits per heavy atom. The van der Waals surface area contributed by atoms with Crippen LogP contribution < -0.4 is 0 Å². The minimum absolute atomic E-state index is 0.188. The highest BCUT2D eigenvalue weighted by atomic mass is 32.2. The lowest BCUT2D eigenvalue weighted by Crippen LogP contribution is -2.42. The first-order valence-corrected chi connectivity index (χ1v) is 12.7. The van der Waals surface area contributed by atoms with Gasteiger partial charge in [-0.2, -0.15) is 4.31 Å². The first-order valence-electron chi connectivity index (χ1n) is 11.3. The second-order valence-electron chi connectivity index (χ2n) is 8.83. The van der Waals surface area contributed by atoms with Crippen LogP contribution in [0.15, 0.2) is 47.4 Å². The maximum Gasteiger partial charge on any atom is 0.309 e. The summed E-state index contributed by atoms with van der Waals surface area (Å²) in [6, 6.07) is 11.0. The fraction of sp³-hybridized carbons (Fsp3) is 0.440. The Labute approximate surface area is 200 Å². The number of benzene rings is 2. The van der Waals surface area contributed by atoms with Gasteiger partial charge in [-0.05, 0) is 74.6 Å². The van der Waals surface area contributed by atoms with E-state index in [-0.39, 0.29) is 30.3 Å². The second-order valence-corrected chi connectivity index (χ2v) is 10.8. The summed E-state index contributed by atoms with van der Waals surface area (Å²) in [7, 11) is -2.07. The number of halogens is 1. The van der Waals surface area contributed by atoms with Crippen molar-refractivity contribution >= 4 is 21.9 Å². The zero-order chi connectivity index (χ0) is 25.0. The number of esters is 1. The van der Waals surface area contributed by atoms with E-state index in [4.69, 9.17) is 4.74 Å². The fourth-order valence-corrected chi connectivity index (χ4v) is 5.53. The Kier molecular flexibility index (Phi) is 8.09. The average molecular weight is 491 g/mol. The highest BCUT2D eigenvalue weighted by Gasteiger charge is 2.34. The molecule has 0 N–H and O–H groups in total. The third-order valence-corrected chi connectivity index (χ3v) is 8.12. The Bertz CT molecular complexity index is 1160. The van der Waals surface area contributed by atoms with Crippen LogP contribution in [-0.2, 0) is 30.9 Å². The number of carbonyl (C=O) groups is 2. The summed E-state index contributed by atoms with van der Waals surface area (Å²) in [4.78, 5) is 26.9. The molecule has 0 saturated carbocycles. The molecule has 7 nitrogen and oxygen atoms in total. The number of ether oxygens (including phenoxy) is 1. The van der Waals surface area contributed by atoms with Crippen LogP contribution in [0.5, 0.6) is 0 Å². The van der Waals surface area contributed by atoms with Crippen molar-refractivity contribution in [2.75, 3.05) is 20.1 Å². The lowest BCUT2D eigenvalue weighted by Gasteiger charge is -2.31. The summed E-state index contributed by atoms with van der Waals surface area (Å²) >= 11 is 0. The van der Waals surface area contributed by atoms with Crippen LogP contribution in [0.1, 0.15) is 36.5 Å². The molecule has 1 atom stereocenters. The molecule has 34 heavy (non-hydrogen) atoms. The predicted octanol–water partition coefficient (Wildman–Crippen LogP) is 3.43. The number of hydrogen-bond donors (Lipinski definition) is 0. The minimum Gasteiger partial charge on any atom is -0.452 e. The molecule has 1 amide bonds. The van der Waals surface area contributed by atoms with E-state index in [0.717, 1.165) is 11.1 Å². The van der Waals surface area contributed by atoms with Crippen LogP contribution in [0, 0.1) is 25.6 Å². The molecule has 0 aromatic heterocycles. The Morgan fingerprint density at radius 2 is 1.79 bits per heavy atom. The van der Waals surface area contributed by atoms with Crippen molar-refractivity contribution in [3.63, 3.8) is 0 Å². The van der Waals surface area contributed by atoms with Crippen LogP contribution in [-0.4, -0.2) is 55.7 Å². The van der Waals surface area contributed by atoms with E-state index in [1.54, 1.807) is 37.4 Å². The monoisotopic (exact) mass is 490 g/mol. The van der Waals surface area contributed by atoms with Crippen molar-refractivity contribution in [1.29, 1.82) is 0 Å². The van der Waals surface area contributed by atoms with Gasteiger partial charge in [0.2, 0.25) is 10.0 Å². The first kappa shape index (κ1) is 25.8. The molecular weight excluding hydrogens is 459 g/mol. The van der Waals surface area contributed by atoms with E-state index in [9.17, 15) is 22.4 Å². The number of carbonyl (C=O) groups excluding carboxylic acids is 2. The molecule has 1 aliphatic heterocycles. The third kappa shape index (κ3) is 6.01. The average Bonchev–Trinajstić information content (AvgIpc) is 2.80. The second kappa shape index (κ2) is 10.7. The largest absolute Gasteiger partial charge is 0.452 e. The third-order valence-electron chi connectivity index (χ3n) is 6.23. The smallest absolute Gasteiger partial charge is 0.309 e. The summed E-state index contributed by atoms with van der Waals surface area (Å²) in [5.74, 6) is -1.77. The molecule has 2 aromatic rings. The quantitative estimate of drug-likeness (QED) is 0.556. The van der Waals surface area contributed by atoms with Crippen LogP contribution in [0.3, 0.4) is 0 Å². The lowest BCUT2D eigenvalue weighted by molar-refractivity contribution is -0.163. The van der Waals surface area contributed by atoms with Crippen LogP contribution in [0.4, 0.5) is 4.39 Å². The highest BCUT2D eigenvalue weighted by molar-refractivity contribution is 7.89. The molecule has 3 rings (SSSR count). The van der Waals surface area contributed by atoms with Gasteiger partial charge in [0.15, 0.2) is 6.10 Å². The molecule has 1 aliphatic rings. The number of likely N-dealkylation sites (N-methyl/N-ethyl adjacent to an activating group) is 1. The molecule has 9 heteroatoms. The van der Waals surface area contributed by atoms with Crippen LogP contribution >= 0.6 is 0 Å². The Morgan fingerprint density at radius 1 is 1.12 bits per heavy atom. The number of aryl methyl sites for hydroxylation is 2. The van der Waals surface area contributed by atoms with Crippen LogP contribution in [0.25, 0.3) is 0 Å². The Balaban J connectivity index is 1.53. The van der Waals surface area contributed by atoms with Gasteiger partial charge in [0, 0.05) is 26.7 Å². The fourth-order valence-electron chi connectivity index (χ4n) is 3.97. The van der Waals surface area contributed by atoms with Gasteiger partial charge < -0.3 is 9.64 Å². The van der Waals surface area contributed by atoms with Crippen molar-refractivity contribution in [3.8, 4) is 0 Å². The highest BCUT2D eigenvalue weighted by Crippen LogP contribution is 2.26. The number of amides is 1. The molecule has 0 aliphatic carbocycles. The van der Waals surface area contributed by atoms with Gasteiger partial charge in [-0.15, -0.1) is 0 Å². The van der Waals surface area contributed by atoms with Crippen molar-refractivity contribution in [2.45, 2.75) is 51.2 Å². The van der Waals surface area contributed by atoms with Gasteiger partial charge in [0.05, 0.1) is 10.8 Å². The number of sulfonamides is 1. The van der Waals surface area contributed by atoms with Crippen molar-refractivity contribution < 1.29 is 27.1 Å². The molecular formula is C25H31FN2O5S. The molecule has 0 radical (unpaired) electrons. The van der Waals surface area contributed by atoms with Crippen LogP contribution in [0.2, 0.25) is 0 Å². The molecule has 1 unspecified atom stereocenters. The number of piperidine rings is 1. The summed E-state index contributed by atoms with van der Waals surface area (Å²) in [6.07, 6.45) is -0.352. The van der Waals surface area contributed by atoms with E-state index < -0.39 is 33.9 Å². The number of hydrogen-bond acceptors (Lipinski definition) is 5. The zero-order valence-corrected chi connectivity index (χ0v) is 20.8. The molecule has 1 fully saturated rings.